The zero-order valence-electron chi connectivity index (χ0n) is 48.2. The second-order valence-corrected chi connectivity index (χ2v) is 16.0. The predicted molar refractivity (Wildman–Crippen MR) is 341 cm³/mol. The molecule has 396 valence electrons. The summed E-state index contributed by atoms with van der Waals surface area (Å²) in [5.74, 6) is 0. The lowest BCUT2D eigenvalue weighted by molar-refractivity contribution is 1.11. The average molecular weight is 1030 g/mol. The van der Waals surface area contributed by atoms with Gasteiger partial charge in [0.05, 0.1) is 44.5 Å². The quantitative estimate of drug-likeness (QED) is 0.138. The minimum Gasteiger partial charge on any atom is -0.252 e. The highest BCUT2D eigenvalue weighted by molar-refractivity contribution is 6.25. The fourth-order valence-electron chi connectivity index (χ4n) is 8.95. The molecule has 0 amide bonds. The standard InChI is InChI=1S/C18H14N2.2C16H10N2.C8H6N2.6C2H6/c1-11-12(2)20-18-16-10-6-4-8-14(16)13-7-3-5-9-15(13)17(18)19-11;1-3-7-13-11(5-1)12-6-2-4-8-14(12)16-15(13)17-9-10-18-16;1-2-7-13-11(5-1)12-6-3-4-8-14(12)16-15(13)9-17-10-18-16;1-2-4-8-7(3-1)5-9-6-10-8;6*1-2/h3-10H,1-2H3;2*1-10H;1-6H;6*1-2H3. The molecule has 0 spiro atoms. The highest BCUT2D eigenvalue weighted by atomic mass is 14.8. The number of aryl methyl sites for hydroxylation is 2. The first-order valence-electron chi connectivity index (χ1n) is 27.8. The van der Waals surface area contributed by atoms with Crippen LogP contribution in [0.15, 0.2) is 207 Å². The number of hydrogen-bond acceptors (Lipinski definition) is 8. The molecule has 0 aliphatic rings. The van der Waals surface area contributed by atoms with E-state index < -0.39 is 0 Å². The molecule has 0 unspecified atom stereocenters. The molecule has 10 aromatic carbocycles. The van der Waals surface area contributed by atoms with Crippen molar-refractivity contribution in [3.8, 4) is 0 Å². The van der Waals surface area contributed by atoms with Crippen LogP contribution >= 0.6 is 0 Å². The van der Waals surface area contributed by atoms with Crippen LogP contribution in [-0.2, 0) is 0 Å². The fourth-order valence-corrected chi connectivity index (χ4v) is 8.95. The molecule has 0 N–H and O–H groups in total. The molecular weight excluding hydrogens is 953 g/mol. The molecule has 8 nitrogen and oxygen atoms in total. The molecule has 0 saturated carbocycles. The van der Waals surface area contributed by atoms with Crippen molar-refractivity contribution >= 4 is 109 Å². The molecule has 0 atom stereocenters. The summed E-state index contributed by atoms with van der Waals surface area (Å²) in [5, 5.41) is 16.8. The van der Waals surface area contributed by atoms with Crippen LogP contribution in [0, 0.1) is 13.8 Å². The summed E-state index contributed by atoms with van der Waals surface area (Å²) < 4.78 is 0. The van der Waals surface area contributed by atoms with Crippen molar-refractivity contribution < 1.29 is 0 Å². The molecule has 78 heavy (non-hydrogen) atoms. The van der Waals surface area contributed by atoms with E-state index in [2.05, 4.69) is 163 Å². The summed E-state index contributed by atoms with van der Waals surface area (Å²) in [6.07, 6.45) is 10.4. The minimum absolute atomic E-state index is 0.979. The summed E-state index contributed by atoms with van der Waals surface area (Å²) in [6, 6.07) is 58.3. The first kappa shape index (κ1) is 60.0. The Hall–Kier alpha value is -8.88. The summed E-state index contributed by atoms with van der Waals surface area (Å²) >= 11 is 0. The summed E-state index contributed by atoms with van der Waals surface area (Å²) in [6.45, 7) is 28.0. The fraction of sp³-hybridized carbons (Fsp3) is 0.200. The second kappa shape index (κ2) is 31.2. The second-order valence-electron chi connectivity index (χ2n) is 16.0. The van der Waals surface area contributed by atoms with Crippen LogP contribution in [0.25, 0.3) is 109 Å². The van der Waals surface area contributed by atoms with Crippen LogP contribution in [0.5, 0.6) is 0 Å². The molecule has 0 aliphatic carbocycles. The van der Waals surface area contributed by atoms with Gasteiger partial charge < -0.3 is 0 Å². The van der Waals surface area contributed by atoms with E-state index in [1.807, 2.05) is 146 Å². The third kappa shape index (κ3) is 13.2. The predicted octanol–water partition coefficient (Wildman–Crippen LogP) is 20.2. The van der Waals surface area contributed by atoms with Gasteiger partial charge in [-0.3, -0.25) is 9.97 Å². The maximum Gasteiger partial charge on any atom is 0.116 e. The highest BCUT2D eigenvalue weighted by Crippen LogP contribution is 2.35. The van der Waals surface area contributed by atoms with E-state index in [1.54, 1.807) is 25.0 Å². The van der Waals surface area contributed by atoms with Crippen LogP contribution < -0.4 is 0 Å². The van der Waals surface area contributed by atoms with Gasteiger partial charge in [0.1, 0.15) is 12.7 Å². The molecule has 4 aromatic heterocycles. The molecular formula is C70H76N8. The Balaban J connectivity index is 0.000000183. The van der Waals surface area contributed by atoms with Crippen molar-refractivity contribution in [3.05, 3.63) is 219 Å². The molecule has 8 heteroatoms. The summed E-state index contributed by atoms with van der Waals surface area (Å²) in [4.78, 5) is 35.2. The number of para-hydroxylation sites is 1. The molecule has 0 bridgehead atoms. The van der Waals surface area contributed by atoms with E-state index >= 15 is 0 Å². The normalized spacial score (nSPS) is 9.92. The van der Waals surface area contributed by atoms with Crippen molar-refractivity contribution in [1.82, 2.24) is 39.9 Å². The van der Waals surface area contributed by atoms with Crippen molar-refractivity contribution in [3.63, 3.8) is 0 Å². The van der Waals surface area contributed by atoms with Gasteiger partial charge in [-0.15, -0.1) is 0 Å². The topological polar surface area (TPSA) is 103 Å². The van der Waals surface area contributed by atoms with E-state index in [4.69, 9.17) is 9.97 Å². The van der Waals surface area contributed by atoms with Crippen molar-refractivity contribution in [2.45, 2.75) is 96.9 Å². The van der Waals surface area contributed by atoms with Gasteiger partial charge in [-0.1, -0.05) is 247 Å². The van der Waals surface area contributed by atoms with E-state index in [9.17, 15) is 0 Å². The Kier molecular flexibility index (Phi) is 24.0. The Morgan fingerprint density at radius 1 is 0.244 bits per heavy atom. The Morgan fingerprint density at radius 3 is 0.910 bits per heavy atom. The molecule has 14 aromatic rings. The molecule has 0 radical (unpaired) electrons. The summed E-state index contributed by atoms with van der Waals surface area (Å²) in [7, 11) is 0. The van der Waals surface area contributed by atoms with Crippen LogP contribution in [0.3, 0.4) is 0 Å². The maximum absolute atomic E-state index is 4.79. The van der Waals surface area contributed by atoms with Crippen LogP contribution in [-0.4, -0.2) is 39.9 Å². The number of fused-ring (bicyclic) bond motifs is 19. The third-order valence-electron chi connectivity index (χ3n) is 12.1. The lowest BCUT2D eigenvalue weighted by Crippen LogP contribution is -1.95. The number of benzene rings is 10. The van der Waals surface area contributed by atoms with Gasteiger partial charge in [-0.25, -0.2) is 29.9 Å². The highest BCUT2D eigenvalue weighted by Gasteiger charge is 2.13. The van der Waals surface area contributed by atoms with E-state index in [-0.39, 0.29) is 0 Å². The zero-order chi connectivity index (χ0) is 56.4. The van der Waals surface area contributed by atoms with Gasteiger partial charge in [-0.05, 0) is 57.6 Å². The van der Waals surface area contributed by atoms with E-state index in [0.717, 1.165) is 55.3 Å². The van der Waals surface area contributed by atoms with Crippen LogP contribution in [0.4, 0.5) is 0 Å². The minimum atomic E-state index is 0.979. The summed E-state index contributed by atoms with van der Waals surface area (Å²) in [5.41, 5.74) is 7.98. The number of aromatic nitrogens is 8. The van der Waals surface area contributed by atoms with Crippen LogP contribution in [0.1, 0.15) is 94.5 Å². The van der Waals surface area contributed by atoms with Gasteiger partial charge in [0.25, 0.3) is 0 Å². The largest absolute Gasteiger partial charge is 0.252 e. The SMILES string of the molecule is CC.CC.CC.CC.CC.CC.Cc1nc2c3ccccc3c3ccccc3c2nc1C.c1ccc2c(c1)c1ccccc1c1nccnc21.c1ccc2c(c1)c1ccccc1c1ncncc21.c1ccc2ncncc2c1. The van der Waals surface area contributed by atoms with Gasteiger partial charge in [0.2, 0.25) is 0 Å². The Morgan fingerprint density at radius 2 is 0.526 bits per heavy atom. The van der Waals surface area contributed by atoms with Gasteiger partial charge in [-0.2, -0.15) is 0 Å². The van der Waals surface area contributed by atoms with Crippen molar-refractivity contribution in [2.75, 3.05) is 0 Å². The molecule has 4 heterocycles. The third-order valence-corrected chi connectivity index (χ3v) is 12.1. The lowest BCUT2D eigenvalue weighted by atomic mass is 9.98. The van der Waals surface area contributed by atoms with E-state index in [0.29, 0.717) is 0 Å². The molecule has 0 aliphatic heterocycles. The van der Waals surface area contributed by atoms with Gasteiger partial charge in [0, 0.05) is 62.5 Å². The number of rotatable bonds is 0. The Labute approximate surface area is 461 Å². The van der Waals surface area contributed by atoms with Crippen molar-refractivity contribution in [2.24, 2.45) is 0 Å². The van der Waals surface area contributed by atoms with Gasteiger partial charge >= 0.3 is 0 Å². The number of hydrogen-bond donors (Lipinski definition) is 0. The monoisotopic (exact) mass is 1030 g/mol. The smallest absolute Gasteiger partial charge is 0.116 e. The number of nitrogens with zero attached hydrogens (tertiary/aromatic N) is 8. The maximum atomic E-state index is 4.79. The zero-order valence-corrected chi connectivity index (χ0v) is 48.2. The molecule has 0 fully saturated rings. The van der Waals surface area contributed by atoms with E-state index in [1.165, 1.54) is 64.6 Å². The Bertz CT molecular complexity index is 3380. The first-order valence-corrected chi connectivity index (χ1v) is 27.8. The van der Waals surface area contributed by atoms with Gasteiger partial charge in [0.15, 0.2) is 0 Å². The lowest BCUT2D eigenvalue weighted by Gasteiger charge is -2.10. The van der Waals surface area contributed by atoms with Crippen LogP contribution in [0.2, 0.25) is 0 Å². The first-order chi connectivity index (χ1) is 38.6. The van der Waals surface area contributed by atoms with Crippen molar-refractivity contribution in [1.29, 1.82) is 0 Å². The average Bonchev–Trinajstić information content (AvgIpc) is 3.59. The molecule has 0 saturated heterocycles. The molecule has 14 rings (SSSR count).